The number of piperazine rings is 1. The number of aromatic nitrogens is 2. The molecule has 29 heavy (non-hydrogen) atoms. The first-order valence-electron chi connectivity index (χ1n) is 9.55. The summed E-state index contributed by atoms with van der Waals surface area (Å²) in [6.45, 7) is 2.85. The van der Waals surface area contributed by atoms with E-state index >= 15 is 0 Å². The minimum atomic E-state index is 0.659. The van der Waals surface area contributed by atoms with Gasteiger partial charge in [0.2, 0.25) is 6.41 Å². The van der Waals surface area contributed by atoms with Crippen LogP contribution in [0.4, 0.5) is 17.3 Å². The lowest BCUT2D eigenvalue weighted by molar-refractivity contribution is -0.118. The third-order valence-electron chi connectivity index (χ3n) is 4.87. The Hall–Kier alpha value is -3.61. The van der Waals surface area contributed by atoms with Gasteiger partial charge in [0.15, 0.2) is 5.82 Å². The molecule has 4 rings (SSSR count). The van der Waals surface area contributed by atoms with Crippen molar-refractivity contribution in [3.8, 4) is 17.1 Å². The minimum Gasteiger partial charge on any atom is -0.497 e. The second-order valence-electron chi connectivity index (χ2n) is 6.79. The summed E-state index contributed by atoms with van der Waals surface area (Å²) in [5, 5.41) is 3.36. The largest absolute Gasteiger partial charge is 0.497 e. The van der Waals surface area contributed by atoms with Crippen molar-refractivity contribution in [2.45, 2.75) is 0 Å². The maximum absolute atomic E-state index is 11.0. The van der Waals surface area contributed by atoms with Gasteiger partial charge in [-0.2, -0.15) is 0 Å². The van der Waals surface area contributed by atoms with Crippen LogP contribution in [0.5, 0.6) is 5.75 Å². The monoisotopic (exact) mass is 389 g/mol. The number of methoxy groups -OCH3 is 1. The predicted octanol–water partition coefficient (Wildman–Crippen LogP) is 3.17. The number of anilines is 3. The molecule has 3 aromatic rings. The van der Waals surface area contributed by atoms with Crippen LogP contribution in [0.2, 0.25) is 0 Å². The molecule has 0 unspecified atom stereocenters. The van der Waals surface area contributed by atoms with Crippen LogP contribution in [-0.2, 0) is 4.79 Å². The molecule has 1 amide bonds. The number of hydrogen-bond donors (Lipinski definition) is 1. The fourth-order valence-corrected chi connectivity index (χ4v) is 3.28. The number of carbonyl (C=O) groups excluding carboxylic acids is 1. The summed E-state index contributed by atoms with van der Waals surface area (Å²) in [5.74, 6) is 2.98. The van der Waals surface area contributed by atoms with E-state index in [0.717, 1.165) is 42.3 Å². The fraction of sp³-hybridized carbons (Fsp3) is 0.227. The van der Waals surface area contributed by atoms with Crippen LogP contribution in [0, 0.1) is 0 Å². The average Bonchev–Trinajstić information content (AvgIpc) is 2.79. The van der Waals surface area contributed by atoms with Crippen molar-refractivity contribution in [3.05, 3.63) is 60.7 Å². The van der Waals surface area contributed by atoms with Crippen molar-refractivity contribution in [1.29, 1.82) is 0 Å². The van der Waals surface area contributed by atoms with Crippen LogP contribution in [0.3, 0.4) is 0 Å². The Kier molecular flexibility index (Phi) is 5.56. The molecule has 2 aromatic carbocycles. The van der Waals surface area contributed by atoms with Crippen LogP contribution < -0.4 is 15.0 Å². The van der Waals surface area contributed by atoms with Crippen molar-refractivity contribution >= 4 is 23.7 Å². The minimum absolute atomic E-state index is 0.659. The number of rotatable bonds is 6. The molecule has 0 atom stereocenters. The number of amides is 1. The van der Waals surface area contributed by atoms with Crippen LogP contribution in [0.1, 0.15) is 0 Å². The van der Waals surface area contributed by atoms with E-state index in [1.165, 1.54) is 0 Å². The van der Waals surface area contributed by atoms with Gasteiger partial charge < -0.3 is 19.9 Å². The summed E-state index contributed by atoms with van der Waals surface area (Å²) in [7, 11) is 1.65. The molecule has 1 N–H and O–H groups in total. The zero-order valence-corrected chi connectivity index (χ0v) is 16.3. The summed E-state index contributed by atoms with van der Waals surface area (Å²) >= 11 is 0. The summed E-state index contributed by atoms with van der Waals surface area (Å²) in [6.07, 6.45) is 0.905. The first-order valence-corrected chi connectivity index (χ1v) is 9.55. The van der Waals surface area contributed by atoms with E-state index in [4.69, 9.17) is 14.7 Å². The molecule has 1 aliphatic rings. The molecule has 0 spiro atoms. The molecule has 0 radical (unpaired) electrons. The summed E-state index contributed by atoms with van der Waals surface area (Å²) in [4.78, 5) is 24.5. The van der Waals surface area contributed by atoms with Gasteiger partial charge in [0.05, 0.1) is 7.11 Å². The zero-order valence-electron chi connectivity index (χ0n) is 16.3. The van der Waals surface area contributed by atoms with E-state index in [2.05, 4.69) is 10.2 Å². The van der Waals surface area contributed by atoms with Gasteiger partial charge in [-0.25, -0.2) is 9.97 Å². The topological polar surface area (TPSA) is 70.6 Å². The third-order valence-corrected chi connectivity index (χ3v) is 4.87. The predicted molar refractivity (Wildman–Crippen MR) is 114 cm³/mol. The highest BCUT2D eigenvalue weighted by atomic mass is 16.5. The van der Waals surface area contributed by atoms with E-state index < -0.39 is 0 Å². The molecule has 148 valence electrons. The van der Waals surface area contributed by atoms with Crippen LogP contribution in [0.15, 0.2) is 60.7 Å². The van der Waals surface area contributed by atoms with Crippen molar-refractivity contribution in [3.63, 3.8) is 0 Å². The van der Waals surface area contributed by atoms with Crippen molar-refractivity contribution in [2.75, 3.05) is 43.5 Å². The lowest BCUT2D eigenvalue weighted by Crippen LogP contribution is -2.46. The molecular formula is C22H23N5O2. The van der Waals surface area contributed by atoms with Crippen molar-refractivity contribution in [2.24, 2.45) is 0 Å². The number of ether oxygens (including phenoxy) is 1. The van der Waals surface area contributed by atoms with E-state index in [1.807, 2.05) is 60.7 Å². The molecule has 0 aliphatic carbocycles. The molecule has 1 fully saturated rings. The van der Waals surface area contributed by atoms with E-state index in [-0.39, 0.29) is 0 Å². The second-order valence-corrected chi connectivity index (χ2v) is 6.79. The smallest absolute Gasteiger partial charge is 0.209 e. The maximum atomic E-state index is 11.0. The molecule has 2 heterocycles. The van der Waals surface area contributed by atoms with E-state index in [0.29, 0.717) is 24.7 Å². The van der Waals surface area contributed by atoms with Gasteiger partial charge in [-0.05, 0) is 12.1 Å². The second kappa shape index (κ2) is 8.60. The van der Waals surface area contributed by atoms with Gasteiger partial charge in [-0.1, -0.05) is 36.4 Å². The Balaban J connectivity index is 1.67. The number of hydrogen-bond acceptors (Lipinski definition) is 6. The normalized spacial score (nSPS) is 13.8. The number of carbonyl (C=O) groups is 1. The van der Waals surface area contributed by atoms with Crippen LogP contribution in [-0.4, -0.2) is 54.6 Å². The highest BCUT2D eigenvalue weighted by molar-refractivity contribution is 5.66. The van der Waals surface area contributed by atoms with Crippen LogP contribution in [0.25, 0.3) is 11.4 Å². The van der Waals surface area contributed by atoms with Gasteiger partial charge in [-0.15, -0.1) is 0 Å². The molecular weight excluding hydrogens is 366 g/mol. The summed E-state index contributed by atoms with van der Waals surface area (Å²) in [5.41, 5.74) is 1.84. The van der Waals surface area contributed by atoms with Crippen molar-refractivity contribution in [1.82, 2.24) is 14.9 Å². The van der Waals surface area contributed by atoms with Gasteiger partial charge in [0, 0.05) is 49.6 Å². The fourth-order valence-electron chi connectivity index (χ4n) is 3.28. The maximum Gasteiger partial charge on any atom is 0.209 e. The Morgan fingerprint density at radius 1 is 0.966 bits per heavy atom. The molecule has 1 aromatic heterocycles. The molecule has 7 heteroatoms. The van der Waals surface area contributed by atoms with Crippen LogP contribution >= 0.6 is 0 Å². The highest BCUT2D eigenvalue weighted by Crippen LogP contribution is 2.26. The summed E-state index contributed by atoms with van der Waals surface area (Å²) < 4.78 is 5.31. The Bertz CT molecular complexity index is 972. The molecule has 0 saturated carbocycles. The first-order chi connectivity index (χ1) is 14.2. The van der Waals surface area contributed by atoms with E-state index in [1.54, 1.807) is 12.0 Å². The van der Waals surface area contributed by atoms with Crippen molar-refractivity contribution < 1.29 is 9.53 Å². The molecule has 7 nitrogen and oxygen atoms in total. The SMILES string of the molecule is COc1cccc(Nc2cc(N3CCN(C=O)CC3)nc(-c3ccccc3)n2)c1. The third kappa shape index (κ3) is 4.45. The Morgan fingerprint density at radius 3 is 2.48 bits per heavy atom. The standard InChI is InChI=1S/C22H23N5O2/c1-29-19-9-5-8-18(14-19)23-20-15-21(27-12-10-26(16-28)11-13-27)25-22(24-20)17-6-3-2-4-7-17/h2-9,14-16H,10-13H2,1H3,(H,23,24,25). The Morgan fingerprint density at radius 2 is 1.76 bits per heavy atom. The lowest BCUT2D eigenvalue weighted by Gasteiger charge is -2.33. The van der Waals surface area contributed by atoms with E-state index in [9.17, 15) is 4.79 Å². The quantitative estimate of drug-likeness (QED) is 0.653. The molecule has 1 saturated heterocycles. The average molecular weight is 389 g/mol. The Labute approximate surface area is 170 Å². The number of nitrogens with zero attached hydrogens (tertiary/aromatic N) is 4. The summed E-state index contributed by atoms with van der Waals surface area (Å²) in [6, 6.07) is 19.6. The lowest BCUT2D eigenvalue weighted by atomic mass is 10.2. The molecule has 0 bridgehead atoms. The van der Waals surface area contributed by atoms with Gasteiger partial charge in [0.1, 0.15) is 17.4 Å². The molecule has 1 aliphatic heterocycles. The number of nitrogens with one attached hydrogen (secondary N) is 1. The zero-order chi connectivity index (χ0) is 20.1. The highest BCUT2D eigenvalue weighted by Gasteiger charge is 2.19. The first kappa shape index (κ1) is 18.7. The van der Waals surface area contributed by atoms with Gasteiger partial charge in [0.25, 0.3) is 0 Å². The van der Waals surface area contributed by atoms with Gasteiger partial charge in [-0.3, -0.25) is 4.79 Å². The van der Waals surface area contributed by atoms with Gasteiger partial charge >= 0.3 is 0 Å². The number of benzene rings is 2.